The summed E-state index contributed by atoms with van der Waals surface area (Å²) in [5.41, 5.74) is 0. The predicted molar refractivity (Wildman–Crippen MR) is 26.8 cm³/mol. The molecule has 8 heavy (non-hydrogen) atoms. The Morgan fingerprint density at radius 3 is 1.75 bits per heavy atom. The molecule has 1 aliphatic rings. The van der Waals surface area contributed by atoms with Crippen LogP contribution in [0.15, 0.2) is 0 Å². The second kappa shape index (κ2) is 4.76. The van der Waals surface area contributed by atoms with E-state index in [1.165, 1.54) is 19.3 Å². The van der Waals surface area contributed by atoms with Crippen molar-refractivity contribution in [1.82, 2.24) is 0 Å². The maximum absolute atomic E-state index is 1.54. The molecule has 0 nitrogen and oxygen atoms in total. The van der Waals surface area contributed by atoms with Crippen LogP contribution in [-0.2, 0) is 18.3 Å². The second-order valence-corrected chi connectivity index (χ2v) is 4.93. The van der Waals surface area contributed by atoms with Crippen LogP contribution in [0.25, 0.3) is 0 Å². The number of halogens is 1. The summed E-state index contributed by atoms with van der Waals surface area (Å²) in [6, 6.07) is 0. The third-order valence-electron chi connectivity index (χ3n) is 1.72. The number of hydrogen-bond acceptors (Lipinski definition) is 0. The van der Waals surface area contributed by atoms with Crippen LogP contribution < -0.4 is 12.4 Å². The molecule has 0 heterocycles. The Hall–Kier alpha value is 0.913. The van der Waals surface area contributed by atoms with Crippen molar-refractivity contribution in [2.45, 2.75) is 36.6 Å². The predicted octanol–water partition coefficient (Wildman–Crippen LogP) is -0.710. The van der Waals surface area contributed by atoms with Gasteiger partial charge in [0.05, 0.1) is 0 Å². The topological polar surface area (TPSA) is 0 Å². The van der Waals surface area contributed by atoms with Gasteiger partial charge in [0.15, 0.2) is 0 Å². The van der Waals surface area contributed by atoms with Crippen LogP contribution in [0.1, 0.15) is 32.1 Å². The molecule has 44 valence electrons. The monoisotopic (exact) mass is 182 g/mol. The van der Waals surface area contributed by atoms with Crippen molar-refractivity contribution in [3.05, 3.63) is 0 Å². The van der Waals surface area contributed by atoms with Crippen molar-refractivity contribution < 1.29 is 30.7 Å². The first-order chi connectivity index (χ1) is 3.39. The molecular formula is C6H11ClZn. The van der Waals surface area contributed by atoms with Crippen molar-refractivity contribution in [3.8, 4) is 0 Å². The van der Waals surface area contributed by atoms with E-state index in [-0.39, 0.29) is 12.4 Å². The fraction of sp³-hybridized carbons (Fsp3) is 1.00. The van der Waals surface area contributed by atoms with Crippen molar-refractivity contribution in [3.63, 3.8) is 0 Å². The Balaban J connectivity index is 0.000000490. The van der Waals surface area contributed by atoms with Crippen LogP contribution in [0.2, 0.25) is 4.51 Å². The Bertz CT molecular complexity index is 50.5. The van der Waals surface area contributed by atoms with Gasteiger partial charge in [0, 0.05) is 0 Å². The molecule has 0 radical (unpaired) electrons. The van der Waals surface area contributed by atoms with Gasteiger partial charge in [-0.05, 0) is 0 Å². The van der Waals surface area contributed by atoms with Crippen molar-refractivity contribution in [2.75, 3.05) is 0 Å². The molecule has 0 aromatic rings. The van der Waals surface area contributed by atoms with Crippen LogP contribution in [0, 0.1) is 0 Å². The van der Waals surface area contributed by atoms with E-state index in [9.17, 15) is 0 Å². The molecule has 0 amide bonds. The van der Waals surface area contributed by atoms with Crippen LogP contribution in [0.5, 0.6) is 0 Å². The van der Waals surface area contributed by atoms with E-state index in [1.807, 2.05) is 0 Å². The van der Waals surface area contributed by atoms with Gasteiger partial charge in [-0.2, -0.15) is 0 Å². The van der Waals surface area contributed by atoms with Crippen molar-refractivity contribution >= 4 is 0 Å². The molecular weight excluding hydrogens is 173 g/mol. The summed E-state index contributed by atoms with van der Waals surface area (Å²) in [6.07, 6.45) is 7.63. The summed E-state index contributed by atoms with van der Waals surface area (Å²) < 4.78 is 1.16. The van der Waals surface area contributed by atoms with Gasteiger partial charge in [-0.3, -0.25) is 0 Å². The van der Waals surface area contributed by atoms with Crippen LogP contribution in [0.4, 0.5) is 0 Å². The maximum atomic E-state index is 1.54. The SMILES string of the molecule is [Cl-].[Zn+][CH]1CCCCC1. The van der Waals surface area contributed by atoms with Crippen LogP contribution in [-0.4, -0.2) is 0 Å². The first-order valence-corrected chi connectivity index (χ1v) is 4.94. The molecule has 0 N–H and O–H groups in total. The van der Waals surface area contributed by atoms with Crippen molar-refractivity contribution in [2.24, 2.45) is 0 Å². The zero-order chi connectivity index (χ0) is 5.11. The van der Waals surface area contributed by atoms with E-state index in [2.05, 4.69) is 0 Å². The van der Waals surface area contributed by atoms with Crippen molar-refractivity contribution in [1.29, 1.82) is 0 Å². The fourth-order valence-electron chi connectivity index (χ4n) is 1.19. The average molecular weight is 184 g/mol. The minimum absolute atomic E-state index is 0. The summed E-state index contributed by atoms with van der Waals surface area (Å²) in [5, 5.41) is 0. The number of rotatable bonds is 0. The molecule has 0 aromatic carbocycles. The molecule has 2 heteroatoms. The summed E-state index contributed by atoms with van der Waals surface area (Å²) >= 11 is 1.54. The Kier molecular flexibility index (Phi) is 5.30. The third-order valence-corrected chi connectivity index (χ3v) is 3.44. The third kappa shape index (κ3) is 3.04. The second-order valence-electron chi connectivity index (χ2n) is 2.50. The number of hydrogen-bond donors (Lipinski definition) is 0. The van der Waals surface area contributed by atoms with E-state index < -0.39 is 0 Å². The van der Waals surface area contributed by atoms with E-state index in [0.717, 1.165) is 4.51 Å². The first-order valence-electron chi connectivity index (χ1n) is 3.22. The van der Waals surface area contributed by atoms with Gasteiger partial charge in [0.25, 0.3) is 0 Å². The zero-order valence-corrected chi connectivity index (χ0v) is 8.92. The summed E-state index contributed by atoms with van der Waals surface area (Å²) in [4.78, 5) is 0. The molecule has 1 aliphatic carbocycles. The molecule has 1 rings (SSSR count). The quantitative estimate of drug-likeness (QED) is 0.436. The normalized spacial score (nSPS) is 22.2. The van der Waals surface area contributed by atoms with Gasteiger partial charge in [-0.1, -0.05) is 0 Å². The minimum atomic E-state index is 0. The molecule has 1 saturated carbocycles. The van der Waals surface area contributed by atoms with Gasteiger partial charge in [-0.25, -0.2) is 0 Å². The van der Waals surface area contributed by atoms with Gasteiger partial charge in [0.2, 0.25) is 0 Å². The summed E-state index contributed by atoms with van der Waals surface area (Å²) in [5.74, 6) is 0. The van der Waals surface area contributed by atoms with E-state index in [0.29, 0.717) is 0 Å². The molecule has 0 aromatic heterocycles. The van der Waals surface area contributed by atoms with Crippen LogP contribution >= 0.6 is 0 Å². The standard InChI is InChI=1S/C6H11.ClH.Zn/c1-2-4-6-5-3-1;;/h1H,2-6H2;1H;/q;;+1/p-1. The van der Waals surface area contributed by atoms with Gasteiger partial charge in [-0.15, -0.1) is 0 Å². The van der Waals surface area contributed by atoms with Gasteiger partial charge in [0.1, 0.15) is 0 Å². The zero-order valence-electron chi connectivity index (χ0n) is 5.20. The molecule has 0 saturated heterocycles. The molecule has 0 spiro atoms. The van der Waals surface area contributed by atoms with E-state index in [4.69, 9.17) is 0 Å². The van der Waals surface area contributed by atoms with E-state index in [1.54, 1.807) is 31.1 Å². The molecule has 0 bridgehead atoms. The van der Waals surface area contributed by atoms with Gasteiger partial charge < -0.3 is 12.4 Å². The Morgan fingerprint density at radius 1 is 1.00 bits per heavy atom. The Morgan fingerprint density at radius 2 is 1.50 bits per heavy atom. The molecule has 0 unspecified atom stereocenters. The van der Waals surface area contributed by atoms with Crippen LogP contribution in [0.3, 0.4) is 0 Å². The van der Waals surface area contributed by atoms with E-state index >= 15 is 0 Å². The fourth-order valence-corrected chi connectivity index (χ4v) is 2.40. The molecule has 0 atom stereocenters. The summed E-state index contributed by atoms with van der Waals surface area (Å²) in [7, 11) is 0. The van der Waals surface area contributed by atoms with Gasteiger partial charge >= 0.3 is 54.9 Å². The summed E-state index contributed by atoms with van der Waals surface area (Å²) in [6.45, 7) is 0. The Labute approximate surface area is 67.5 Å². The molecule has 0 aliphatic heterocycles. The average Bonchev–Trinajstić information content (AvgIpc) is 1.69. The molecule has 1 fully saturated rings. The first kappa shape index (κ1) is 8.91.